The van der Waals surface area contributed by atoms with Crippen molar-refractivity contribution in [3.63, 3.8) is 0 Å². The summed E-state index contributed by atoms with van der Waals surface area (Å²) in [5.41, 5.74) is 0.644. The fraction of sp³-hybridized carbons (Fsp3) is 0.235. The molecule has 0 spiro atoms. The summed E-state index contributed by atoms with van der Waals surface area (Å²) in [6.45, 7) is 1.92. The van der Waals surface area contributed by atoms with Gasteiger partial charge in [0, 0.05) is 4.90 Å². The maximum atomic E-state index is 12.7. The lowest BCUT2D eigenvalue weighted by molar-refractivity contribution is -0.137. The van der Waals surface area contributed by atoms with Crippen molar-refractivity contribution in [2.24, 2.45) is 0 Å². The van der Waals surface area contributed by atoms with Crippen LogP contribution in [0.4, 0.5) is 13.2 Å². The first-order valence-corrected chi connectivity index (χ1v) is 7.76. The van der Waals surface area contributed by atoms with Gasteiger partial charge in [-0.25, -0.2) is 0 Å². The Morgan fingerprint density at radius 3 is 2.39 bits per heavy atom. The van der Waals surface area contributed by atoms with Crippen LogP contribution < -0.4 is 0 Å². The zero-order valence-electron chi connectivity index (χ0n) is 12.3. The molecular formula is C17H15F3O2S. The Kier molecular flexibility index (Phi) is 5.36. The van der Waals surface area contributed by atoms with Gasteiger partial charge in [0.1, 0.15) is 5.25 Å². The maximum absolute atomic E-state index is 12.7. The van der Waals surface area contributed by atoms with Crippen LogP contribution in [0.5, 0.6) is 0 Å². The highest BCUT2D eigenvalue weighted by Crippen LogP contribution is 2.31. The normalized spacial score (nSPS) is 12.9. The van der Waals surface area contributed by atoms with Gasteiger partial charge in [-0.1, -0.05) is 35.9 Å². The first-order valence-electron chi connectivity index (χ1n) is 6.88. The van der Waals surface area contributed by atoms with Gasteiger partial charge in [0.25, 0.3) is 0 Å². The minimum Gasteiger partial charge on any atom is -0.480 e. The smallest absolute Gasteiger partial charge is 0.416 e. The van der Waals surface area contributed by atoms with E-state index in [4.69, 9.17) is 0 Å². The van der Waals surface area contributed by atoms with Crippen LogP contribution in [0.25, 0.3) is 0 Å². The number of carbonyl (C=O) groups is 1. The monoisotopic (exact) mass is 340 g/mol. The fourth-order valence-electron chi connectivity index (χ4n) is 2.05. The molecule has 23 heavy (non-hydrogen) atoms. The number of hydrogen-bond donors (Lipinski definition) is 1. The molecule has 2 aromatic rings. The SMILES string of the molecule is Cc1ccc(S[C@@H](Cc2cccc(C(F)(F)F)c2)C(=O)O)cc1. The molecule has 1 N–H and O–H groups in total. The molecule has 0 aliphatic heterocycles. The molecule has 0 bridgehead atoms. The Hall–Kier alpha value is -1.95. The molecule has 122 valence electrons. The van der Waals surface area contributed by atoms with E-state index in [-0.39, 0.29) is 6.42 Å². The number of carboxylic acids is 1. The van der Waals surface area contributed by atoms with Crippen molar-refractivity contribution in [3.8, 4) is 0 Å². The van der Waals surface area contributed by atoms with Gasteiger partial charge < -0.3 is 5.11 Å². The molecule has 6 heteroatoms. The number of alkyl halides is 3. The van der Waals surface area contributed by atoms with Crippen molar-refractivity contribution >= 4 is 17.7 Å². The van der Waals surface area contributed by atoms with Crippen molar-refractivity contribution in [1.29, 1.82) is 0 Å². The summed E-state index contributed by atoms with van der Waals surface area (Å²) < 4.78 is 38.2. The van der Waals surface area contributed by atoms with Gasteiger partial charge in [0.2, 0.25) is 0 Å². The third kappa shape index (κ3) is 5.03. The van der Waals surface area contributed by atoms with Crippen LogP contribution in [0.15, 0.2) is 53.4 Å². The molecule has 2 nitrogen and oxygen atoms in total. The van der Waals surface area contributed by atoms with E-state index in [1.54, 1.807) is 0 Å². The highest BCUT2D eigenvalue weighted by atomic mass is 32.2. The first-order chi connectivity index (χ1) is 10.8. The summed E-state index contributed by atoms with van der Waals surface area (Å²) in [5, 5.41) is 8.49. The second kappa shape index (κ2) is 7.08. The van der Waals surface area contributed by atoms with E-state index < -0.39 is 23.0 Å². The molecule has 0 saturated heterocycles. The predicted molar refractivity (Wildman–Crippen MR) is 83.6 cm³/mol. The lowest BCUT2D eigenvalue weighted by Gasteiger charge is -2.14. The summed E-state index contributed by atoms with van der Waals surface area (Å²) in [7, 11) is 0. The second-order valence-corrected chi connectivity index (χ2v) is 6.44. The Morgan fingerprint density at radius 1 is 1.17 bits per heavy atom. The molecule has 0 aliphatic rings. The van der Waals surface area contributed by atoms with Crippen molar-refractivity contribution in [2.75, 3.05) is 0 Å². The minimum atomic E-state index is -4.43. The van der Waals surface area contributed by atoms with Gasteiger partial charge in [-0.2, -0.15) is 13.2 Å². The van der Waals surface area contributed by atoms with E-state index in [2.05, 4.69) is 0 Å². The fourth-order valence-corrected chi connectivity index (χ4v) is 3.05. The number of aryl methyl sites for hydroxylation is 1. The summed E-state index contributed by atoms with van der Waals surface area (Å²) in [6, 6.07) is 12.1. The predicted octanol–water partition coefficient (Wildman–Crippen LogP) is 4.80. The van der Waals surface area contributed by atoms with E-state index in [9.17, 15) is 23.1 Å². The molecule has 0 aromatic heterocycles. The molecular weight excluding hydrogens is 325 g/mol. The van der Waals surface area contributed by atoms with Crippen LogP contribution in [-0.2, 0) is 17.4 Å². The van der Waals surface area contributed by atoms with E-state index in [0.717, 1.165) is 34.4 Å². The van der Waals surface area contributed by atoms with E-state index >= 15 is 0 Å². The minimum absolute atomic E-state index is 0.0256. The molecule has 0 radical (unpaired) electrons. The lowest BCUT2D eigenvalue weighted by Crippen LogP contribution is -2.19. The molecule has 2 aromatic carbocycles. The largest absolute Gasteiger partial charge is 0.480 e. The number of thioether (sulfide) groups is 1. The molecule has 1 atom stereocenters. The average Bonchev–Trinajstić information content (AvgIpc) is 2.48. The highest BCUT2D eigenvalue weighted by Gasteiger charge is 2.30. The summed E-state index contributed by atoms with van der Waals surface area (Å²) in [4.78, 5) is 12.2. The number of halogens is 3. The van der Waals surface area contributed by atoms with Crippen LogP contribution in [0.2, 0.25) is 0 Å². The molecule has 0 unspecified atom stereocenters. The number of benzene rings is 2. The first kappa shape index (κ1) is 17.4. The van der Waals surface area contributed by atoms with E-state index in [0.29, 0.717) is 5.56 Å². The van der Waals surface area contributed by atoms with Gasteiger partial charge in [0.05, 0.1) is 5.56 Å². The van der Waals surface area contributed by atoms with Gasteiger partial charge in [0.15, 0.2) is 0 Å². The number of hydrogen-bond acceptors (Lipinski definition) is 2. The third-order valence-corrected chi connectivity index (χ3v) is 4.45. The molecule has 0 heterocycles. The Labute approximate surface area is 136 Å². The third-order valence-electron chi connectivity index (χ3n) is 3.25. The van der Waals surface area contributed by atoms with Crippen molar-refractivity contribution in [3.05, 3.63) is 65.2 Å². The van der Waals surface area contributed by atoms with E-state index in [1.807, 2.05) is 31.2 Å². The molecule has 0 aliphatic carbocycles. The van der Waals surface area contributed by atoms with Crippen LogP contribution in [-0.4, -0.2) is 16.3 Å². The summed E-state index contributed by atoms with van der Waals surface area (Å²) >= 11 is 1.13. The quantitative estimate of drug-likeness (QED) is 0.794. The summed E-state index contributed by atoms with van der Waals surface area (Å²) in [6.07, 6.45) is -4.41. The standard InChI is InChI=1S/C17H15F3O2S/c1-11-5-7-14(8-6-11)23-15(16(21)22)10-12-3-2-4-13(9-12)17(18,19)20/h2-9,15H,10H2,1H3,(H,21,22)/t15-/m0/s1. The van der Waals surface area contributed by atoms with Gasteiger partial charge >= 0.3 is 12.1 Å². The topological polar surface area (TPSA) is 37.3 Å². The zero-order chi connectivity index (χ0) is 17.0. The summed E-state index contributed by atoms with van der Waals surface area (Å²) in [5.74, 6) is -1.05. The number of rotatable bonds is 5. The van der Waals surface area contributed by atoms with Crippen LogP contribution in [0, 0.1) is 6.92 Å². The van der Waals surface area contributed by atoms with Crippen molar-refractivity contribution in [2.45, 2.75) is 29.7 Å². The highest BCUT2D eigenvalue weighted by molar-refractivity contribution is 8.00. The Morgan fingerprint density at radius 2 is 1.83 bits per heavy atom. The van der Waals surface area contributed by atoms with E-state index in [1.165, 1.54) is 12.1 Å². The molecule has 0 amide bonds. The van der Waals surface area contributed by atoms with Gasteiger partial charge in [-0.15, -0.1) is 11.8 Å². The number of carboxylic acid groups (broad SMARTS) is 1. The van der Waals surface area contributed by atoms with Gasteiger partial charge in [-0.05, 0) is 37.1 Å². The Balaban J connectivity index is 2.16. The second-order valence-electron chi connectivity index (χ2n) is 5.16. The average molecular weight is 340 g/mol. The zero-order valence-corrected chi connectivity index (χ0v) is 13.1. The van der Waals surface area contributed by atoms with Crippen LogP contribution in [0.1, 0.15) is 16.7 Å². The molecule has 2 rings (SSSR count). The Bertz CT molecular complexity index is 681. The van der Waals surface area contributed by atoms with Crippen molar-refractivity contribution in [1.82, 2.24) is 0 Å². The van der Waals surface area contributed by atoms with Crippen LogP contribution >= 0.6 is 11.8 Å². The van der Waals surface area contributed by atoms with Crippen LogP contribution in [0.3, 0.4) is 0 Å². The lowest BCUT2D eigenvalue weighted by atomic mass is 10.1. The molecule has 0 fully saturated rings. The van der Waals surface area contributed by atoms with Crippen molar-refractivity contribution < 1.29 is 23.1 Å². The number of aliphatic carboxylic acids is 1. The maximum Gasteiger partial charge on any atom is 0.416 e. The van der Waals surface area contributed by atoms with Gasteiger partial charge in [-0.3, -0.25) is 4.79 Å². The molecule has 0 saturated carbocycles.